The molecule has 4 aromatic rings. The van der Waals surface area contributed by atoms with Gasteiger partial charge >= 0.3 is 5.97 Å². The summed E-state index contributed by atoms with van der Waals surface area (Å²) in [4.78, 5) is 46.5. The van der Waals surface area contributed by atoms with E-state index in [1.807, 2.05) is 13.8 Å². The average Bonchev–Trinajstić information content (AvgIpc) is 3.42. The van der Waals surface area contributed by atoms with E-state index >= 15 is 0 Å². The van der Waals surface area contributed by atoms with E-state index in [1.54, 1.807) is 56.3 Å². The van der Waals surface area contributed by atoms with Crippen molar-refractivity contribution in [3.63, 3.8) is 0 Å². The summed E-state index contributed by atoms with van der Waals surface area (Å²) >= 11 is 1.05. The lowest BCUT2D eigenvalue weighted by Gasteiger charge is -2.22. The van der Waals surface area contributed by atoms with Gasteiger partial charge in [-0.25, -0.2) is 9.78 Å². The van der Waals surface area contributed by atoms with Crippen LogP contribution in [-0.2, 0) is 4.74 Å². The van der Waals surface area contributed by atoms with E-state index < -0.39 is 17.9 Å². The van der Waals surface area contributed by atoms with Gasteiger partial charge in [-0.15, -0.1) is 0 Å². The van der Waals surface area contributed by atoms with Crippen molar-refractivity contribution in [2.75, 3.05) is 18.1 Å². The van der Waals surface area contributed by atoms with E-state index in [9.17, 15) is 14.4 Å². The molecule has 1 aliphatic heterocycles. The monoisotopic (exact) mass is 530 g/mol. The molecule has 0 spiro atoms. The predicted octanol–water partition coefficient (Wildman–Crippen LogP) is 5.67. The zero-order chi connectivity index (χ0) is 27.1. The second kappa shape index (κ2) is 9.90. The highest BCUT2D eigenvalue weighted by Gasteiger charge is 2.45. The van der Waals surface area contributed by atoms with Crippen LogP contribution in [-0.4, -0.2) is 30.1 Å². The first-order valence-electron chi connectivity index (χ1n) is 12.1. The number of carbonyl (C=O) groups is 2. The highest BCUT2D eigenvalue weighted by atomic mass is 32.1. The third kappa shape index (κ3) is 4.18. The molecule has 0 fully saturated rings. The predicted molar refractivity (Wildman–Crippen MR) is 146 cm³/mol. The summed E-state index contributed by atoms with van der Waals surface area (Å²) < 4.78 is 16.9. The average molecular weight is 531 g/mol. The molecule has 9 heteroatoms. The summed E-state index contributed by atoms with van der Waals surface area (Å²) in [6.45, 7) is 11.5. The first-order chi connectivity index (χ1) is 18.2. The van der Waals surface area contributed by atoms with Gasteiger partial charge in [-0.05, 0) is 68.7 Å². The number of carbonyl (C=O) groups excluding carboxylic acids is 2. The number of amides is 1. The van der Waals surface area contributed by atoms with E-state index in [0.717, 1.165) is 22.5 Å². The van der Waals surface area contributed by atoms with Crippen molar-refractivity contribution in [3.05, 3.63) is 97.9 Å². The SMILES string of the molecule is C=CCOc1ccc(C2c3c(oc4cc(C)c(C)cc4c3=O)C(=O)N2c2nc(C)c(C(=O)OCC)s2)cc1. The molecule has 0 saturated heterocycles. The van der Waals surface area contributed by atoms with E-state index in [1.165, 1.54) is 4.90 Å². The van der Waals surface area contributed by atoms with Crippen molar-refractivity contribution >= 4 is 39.3 Å². The van der Waals surface area contributed by atoms with Crippen LogP contribution in [0.4, 0.5) is 5.13 Å². The van der Waals surface area contributed by atoms with Crippen LogP contribution in [0.25, 0.3) is 11.0 Å². The molecular formula is C29H26N2O6S. The second-order valence-corrected chi connectivity index (χ2v) is 9.96. The summed E-state index contributed by atoms with van der Waals surface area (Å²) in [5.74, 6) is -0.424. The topological polar surface area (TPSA) is 98.9 Å². The molecule has 0 bridgehead atoms. The van der Waals surface area contributed by atoms with Gasteiger partial charge in [-0.1, -0.05) is 36.1 Å². The van der Waals surface area contributed by atoms with Gasteiger partial charge < -0.3 is 13.9 Å². The summed E-state index contributed by atoms with van der Waals surface area (Å²) in [7, 11) is 0. The van der Waals surface area contributed by atoms with Crippen molar-refractivity contribution in [2.45, 2.75) is 33.7 Å². The lowest BCUT2D eigenvalue weighted by Crippen LogP contribution is -2.29. The van der Waals surface area contributed by atoms with Crippen molar-refractivity contribution in [1.82, 2.24) is 4.98 Å². The van der Waals surface area contributed by atoms with Crippen LogP contribution in [0.3, 0.4) is 0 Å². The first kappa shape index (κ1) is 25.4. The van der Waals surface area contributed by atoms with Crippen LogP contribution < -0.4 is 15.1 Å². The van der Waals surface area contributed by atoms with Crippen molar-refractivity contribution in [3.8, 4) is 5.75 Å². The number of nitrogens with zero attached hydrogens (tertiary/aromatic N) is 2. The van der Waals surface area contributed by atoms with Gasteiger partial charge in [0.15, 0.2) is 10.6 Å². The molecule has 8 nitrogen and oxygen atoms in total. The molecule has 0 N–H and O–H groups in total. The van der Waals surface area contributed by atoms with Crippen LogP contribution in [0.5, 0.6) is 5.75 Å². The van der Waals surface area contributed by atoms with E-state index in [4.69, 9.17) is 13.9 Å². The minimum absolute atomic E-state index is 0.0340. The first-order valence-corrected chi connectivity index (χ1v) is 13.0. The molecule has 1 unspecified atom stereocenters. The maximum absolute atomic E-state index is 13.9. The van der Waals surface area contributed by atoms with Gasteiger partial charge in [-0.2, -0.15) is 0 Å². The number of anilines is 1. The smallest absolute Gasteiger partial charge is 0.350 e. The largest absolute Gasteiger partial charge is 0.490 e. The molecule has 38 heavy (non-hydrogen) atoms. The molecule has 5 rings (SSSR count). The molecule has 1 aliphatic rings. The van der Waals surface area contributed by atoms with Crippen LogP contribution in [0.1, 0.15) is 61.1 Å². The van der Waals surface area contributed by atoms with Gasteiger partial charge in [0.1, 0.15) is 22.8 Å². The zero-order valence-corrected chi connectivity index (χ0v) is 22.3. The van der Waals surface area contributed by atoms with Crippen molar-refractivity contribution in [2.24, 2.45) is 0 Å². The van der Waals surface area contributed by atoms with E-state index in [2.05, 4.69) is 11.6 Å². The summed E-state index contributed by atoms with van der Waals surface area (Å²) in [6.07, 6.45) is 1.65. The Morgan fingerprint density at radius 3 is 2.55 bits per heavy atom. The minimum Gasteiger partial charge on any atom is -0.490 e. The lowest BCUT2D eigenvalue weighted by molar-refractivity contribution is 0.0531. The highest BCUT2D eigenvalue weighted by molar-refractivity contribution is 7.17. The number of aromatic nitrogens is 1. The minimum atomic E-state index is -0.811. The number of fused-ring (bicyclic) bond motifs is 2. The fourth-order valence-corrected chi connectivity index (χ4v) is 5.50. The molecule has 2 aromatic carbocycles. The van der Waals surface area contributed by atoms with Crippen LogP contribution >= 0.6 is 11.3 Å². The van der Waals surface area contributed by atoms with Crippen LogP contribution in [0, 0.1) is 20.8 Å². The van der Waals surface area contributed by atoms with Crippen LogP contribution in [0.15, 0.2) is 58.3 Å². The number of esters is 1. The van der Waals surface area contributed by atoms with Crippen molar-refractivity contribution in [1.29, 1.82) is 0 Å². The van der Waals surface area contributed by atoms with E-state index in [-0.39, 0.29) is 28.5 Å². The van der Waals surface area contributed by atoms with Gasteiger partial charge in [0, 0.05) is 0 Å². The second-order valence-electron chi connectivity index (χ2n) is 8.98. The summed E-state index contributed by atoms with van der Waals surface area (Å²) in [6, 6.07) is 9.90. The van der Waals surface area contributed by atoms with Crippen molar-refractivity contribution < 1.29 is 23.5 Å². The molecule has 0 radical (unpaired) electrons. The molecule has 0 aliphatic carbocycles. The fourth-order valence-electron chi connectivity index (χ4n) is 4.51. The summed E-state index contributed by atoms with van der Waals surface area (Å²) in [5, 5.41) is 0.676. The number of rotatable bonds is 7. The maximum atomic E-state index is 13.9. The Labute approximate surface area is 223 Å². The molecule has 194 valence electrons. The normalized spacial score (nSPS) is 14.6. The number of ether oxygens (including phenoxy) is 2. The zero-order valence-electron chi connectivity index (χ0n) is 21.5. The molecule has 1 amide bonds. The Balaban J connectivity index is 1.71. The Morgan fingerprint density at radius 1 is 1.16 bits per heavy atom. The Hall–Kier alpha value is -4.24. The van der Waals surface area contributed by atoms with E-state index in [0.29, 0.717) is 39.5 Å². The number of aryl methyl sites for hydroxylation is 3. The molecular weight excluding hydrogens is 504 g/mol. The Morgan fingerprint density at radius 2 is 1.87 bits per heavy atom. The molecule has 0 saturated carbocycles. The van der Waals surface area contributed by atoms with Crippen LogP contribution in [0.2, 0.25) is 0 Å². The van der Waals surface area contributed by atoms with Gasteiger partial charge in [0.05, 0.1) is 29.3 Å². The molecule has 1 atom stereocenters. The molecule has 2 aromatic heterocycles. The number of hydrogen-bond acceptors (Lipinski definition) is 8. The maximum Gasteiger partial charge on any atom is 0.350 e. The Kier molecular flexibility index (Phi) is 6.62. The van der Waals surface area contributed by atoms with Gasteiger partial charge in [0.2, 0.25) is 5.76 Å². The standard InChI is InChI=1S/C29H26N2O6S/c1-6-12-36-19-10-8-18(9-11-19)23-22-24(32)20-13-15(3)16(4)14-21(20)37-25(22)27(33)31(23)29-30-17(5)26(38-29)28(34)35-7-2/h6,8-11,13-14,23H,1,7,12H2,2-5H3. The third-order valence-electron chi connectivity index (χ3n) is 6.50. The quantitative estimate of drug-likeness (QED) is 0.224. The number of benzene rings is 2. The highest BCUT2D eigenvalue weighted by Crippen LogP contribution is 2.43. The third-order valence-corrected chi connectivity index (χ3v) is 7.64. The lowest BCUT2D eigenvalue weighted by atomic mass is 9.97. The fraction of sp³-hybridized carbons (Fsp3) is 0.241. The van der Waals surface area contributed by atoms with Gasteiger partial charge in [0.25, 0.3) is 5.91 Å². The Bertz CT molecular complexity index is 1650. The number of hydrogen-bond donors (Lipinski definition) is 0. The van der Waals surface area contributed by atoms with Gasteiger partial charge in [-0.3, -0.25) is 14.5 Å². The summed E-state index contributed by atoms with van der Waals surface area (Å²) in [5.41, 5.74) is 3.30. The molecule has 3 heterocycles. The number of thiazole rings is 1.